The van der Waals surface area contributed by atoms with E-state index in [9.17, 15) is 0 Å². The molecule has 4 heteroatoms. The first-order valence-electron chi connectivity index (χ1n) is 7.47. The topological polar surface area (TPSA) is 29.3 Å². The largest absolute Gasteiger partial charge is 0.399 e. The molecular formula is C16H25ClN2S. The molecule has 1 saturated carbocycles. The maximum absolute atomic E-state index is 5.88. The lowest BCUT2D eigenvalue weighted by atomic mass is 9.87. The van der Waals surface area contributed by atoms with E-state index >= 15 is 0 Å². The van der Waals surface area contributed by atoms with Gasteiger partial charge in [0.2, 0.25) is 0 Å². The van der Waals surface area contributed by atoms with Crippen molar-refractivity contribution in [3.8, 4) is 0 Å². The fourth-order valence-corrected chi connectivity index (χ4v) is 5.14. The third kappa shape index (κ3) is 3.84. The molecule has 2 aliphatic rings. The van der Waals surface area contributed by atoms with Crippen LogP contribution in [0.3, 0.4) is 0 Å². The number of nitrogens with two attached hydrogens (primary N) is 1. The average Bonchev–Trinajstić information content (AvgIpc) is 2.40. The third-order valence-electron chi connectivity index (χ3n) is 4.45. The molecule has 20 heavy (non-hydrogen) atoms. The molecule has 1 heterocycles. The van der Waals surface area contributed by atoms with E-state index < -0.39 is 0 Å². The van der Waals surface area contributed by atoms with E-state index in [-0.39, 0.29) is 12.4 Å². The Kier molecular flexibility index (Phi) is 5.65. The predicted molar refractivity (Wildman–Crippen MR) is 91.7 cm³/mol. The molecule has 1 aliphatic carbocycles. The normalized spacial score (nSPS) is 22.4. The van der Waals surface area contributed by atoms with E-state index in [0.717, 1.165) is 12.2 Å². The smallest absolute Gasteiger partial charge is 0.0317 e. The van der Waals surface area contributed by atoms with Crippen molar-refractivity contribution in [1.82, 2.24) is 4.90 Å². The van der Waals surface area contributed by atoms with Crippen LogP contribution in [0.4, 0.5) is 5.69 Å². The van der Waals surface area contributed by atoms with Crippen LogP contribution in [0.25, 0.3) is 0 Å². The van der Waals surface area contributed by atoms with Crippen LogP contribution in [0.15, 0.2) is 24.3 Å². The van der Waals surface area contributed by atoms with Gasteiger partial charge in [0, 0.05) is 35.8 Å². The molecule has 2 nitrogen and oxygen atoms in total. The zero-order valence-corrected chi connectivity index (χ0v) is 13.6. The number of hydrogen-bond donors (Lipinski definition) is 1. The predicted octanol–water partition coefficient (Wildman–Crippen LogP) is 3.94. The fourth-order valence-electron chi connectivity index (χ4n) is 3.51. The molecule has 1 saturated heterocycles. The maximum atomic E-state index is 5.88. The van der Waals surface area contributed by atoms with Gasteiger partial charge >= 0.3 is 0 Å². The number of thioether (sulfide) groups is 1. The lowest BCUT2D eigenvalue weighted by Gasteiger charge is -2.44. The Balaban J connectivity index is 0.00000147. The van der Waals surface area contributed by atoms with E-state index in [0.29, 0.717) is 4.75 Å². The summed E-state index contributed by atoms with van der Waals surface area (Å²) in [4.78, 5) is 2.64. The summed E-state index contributed by atoms with van der Waals surface area (Å²) in [6, 6.07) is 8.36. The summed E-state index contributed by atoms with van der Waals surface area (Å²) in [5.41, 5.74) is 8.12. The van der Waals surface area contributed by atoms with E-state index in [1.807, 2.05) is 6.07 Å². The number of benzene rings is 1. The Morgan fingerprint density at radius 3 is 2.75 bits per heavy atom. The highest BCUT2D eigenvalue weighted by Crippen LogP contribution is 2.42. The van der Waals surface area contributed by atoms with Crippen molar-refractivity contribution in [2.75, 3.05) is 24.6 Å². The number of anilines is 1. The molecule has 112 valence electrons. The highest BCUT2D eigenvalue weighted by Gasteiger charge is 2.36. The molecule has 0 atom stereocenters. The Morgan fingerprint density at radius 1 is 1.20 bits per heavy atom. The first kappa shape index (κ1) is 16.0. The molecule has 1 aromatic carbocycles. The zero-order valence-electron chi connectivity index (χ0n) is 12.0. The molecule has 2 N–H and O–H groups in total. The average molecular weight is 313 g/mol. The van der Waals surface area contributed by atoms with Crippen LogP contribution in [-0.4, -0.2) is 28.5 Å². The van der Waals surface area contributed by atoms with E-state index in [1.165, 1.54) is 56.5 Å². The van der Waals surface area contributed by atoms with Crippen molar-refractivity contribution in [2.24, 2.45) is 0 Å². The van der Waals surface area contributed by atoms with Crippen molar-refractivity contribution in [3.05, 3.63) is 29.8 Å². The van der Waals surface area contributed by atoms with Gasteiger partial charge in [0.05, 0.1) is 0 Å². The first-order valence-corrected chi connectivity index (χ1v) is 8.45. The number of rotatable bonds is 2. The number of nitrogens with zero attached hydrogens (tertiary/aromatic N) is 1. The van der Waals surface area contributed by atoms with Crippen molar-refractivity contribution in [2.45, 2.75) is 43.4 Å². The summed E-state index contributed by atoms with van der Waals surface area (Å²) in [6.07, 6.45) is 7.14. The highest BCUT2D eigenvalue weighted by atomic mass is 35.5. The van der Waals surface area contributed by atoms with Crippen molar-refractivity contribution < 1.29 is 0 Å². The van der Waals surface area contributed by atoms with Gasteiger partial charge in [0.15, 0.2) is 0 Å². The molecular weight excluding hydrogens is 288 g/mol. The van der Waals surface area contributed by atoms with Crippen molar-refractivity contribution in [1.29, 1.82) is 0 Å². The van der Waals surface area contributed by atoms with Gasteiger partial charge in [-0.3, -0.25) is 4.90 Å². The van der Waals surface area contributed by atoms with Crippen LogP contribution in [0.1, 0.15) is 37.7 Å². The second-order valence-corrected chi connectivity index (χ2v) is 7.61. The molecule has 0 aromatic heterocycles. The Morgan fingerprint density at radius 2 is 2.00 bits per heavy atom. The van der Waals surface area contributed by atoms with E-state index in [1.54, 1.807) is 0 Å². The Hall–Kier alpha value is -0.380. The van der Waals surface area contributed by atoms with Gasteiger partial charge in [0.1, 0.15) is 0 Å². The molecule has 0 bridgehead atoms. The summed E-state index contributed by atoms with van der Waals surface area (Å²) < 4.78 is 0.566. The quantitative estimate of drug-likeness (QED) is 0.839. The van der Waals surface area contributed by atoms with Gasteiger partial charge < -0.3 is 5.73 Å². The summed E-state index contributed by atoms with van der Waals surface area (Å²) in [5.74, 6) is 1.29. The monoisotopic (exact) mass is 312 g/mol. The summed E-state index contributed by atoms with van der Waals surface area (Å²) in [6.45, 7) is 3.56. The van der Waals surface area contributed by atoms with Gasteiger partial charge in [0.25, 0.3) is 0 Å². The SMILES string of the molecule is Cl.Nc1cccc(CN2CCSC3(CCCCC3)C2)c1. The second kappa shape index (κ2) is 7.06. The summed E-state index contributed by atoms with van der Waals surface area (Å²) in [7, 11) is 0. The van der Waals surface area contributed by atoms with Gasteiger partial charge in [-0.25, -0.2) is 0 Å². The minimum atomic E-state index is 0. The third-order valence-corrected chi connectivity index (χ3v) is 5.99. The molecule has 0 radical (unpaired) electrons. The summed E-state index contributed by atoms with van der Waals surface area (Å²) in [5, 5.41) is 0. The molecule has 0 unspecified atom stereocenters. The fraction of sp³-hybridized carbons (Fsp3) is 0.625. The second-order valence-electron chi connectivity index (χ2n) is 6.05. The van der Waals surface area contributed by atoms with Crippen LogP contribution >= 0.6 is 24.2 Å². The Bertz CT molecular complexity index is 427. The number of halogens is 1. The van der Waals surface area contributed by atoms with Crippen molar-refractivity contribution >= 4 is 29.9 Å². The van der Waals surface area contributed by atoms with E-state index in [4.69, 9.17) is 5.73 Å². The zero-order chi connectivity index (χ0) is 13.1. The molecule has 0 amide bonds. The van der Waals surface area contributed by atoms with Gasteiger partial charge in [-0.1, -0.05) is 31.4 Å². The summed E-state index contributed by atoms with van der Waals surface area (Å²) >= 11 is 2.24. The lowest BCUT2D eigenvalue weighted by Crippen LogP contribution is -2.47. The van der Waals surface area contributed by atoms with Crippen LogP contribution < -0.4 is 5.73 Å². The van der Waals surface area contributed by atoms with Crippen molar-refractivity contribution in [3.63, 3.8) is 0 Å². The Labute approximate surface area is 132 Å². The van der Waals surface area contributed by atoms with Crippen LogP contribution in [0.5, 0.6) is 0 Å². The first-order chi connectivity index (χ1) is 9.26. The van der Waals surface area contributed by atoms with E-state index in [2.05, 4.69) is 34.9 Å². The lowest BCUT2D eigenvalue weighted by molar-refractivity contribution is 0.212. The number of hydrogen-bond acceptors (Lipinski definition) is 3. The molecule has 1 aromatic rings. The minimum absolute atomic E-state index is 0. The highest BCUT2D eigenvalue weighted by molar-refractivity contribution is 8.00. The van der Waals surface area contributed by atoms with Gasteiger partial charge in [-0.05, 0) is 30.5 Å². The molecule has 3 rings (SSSR count). The minimum Gasteiger partial charge on any atom is -0.399 e. The number of nitrogen functional groups attached to an aromatic ring is 1. The van der Waals surface area contributed by atoms with Crippen LogP contribution in [-0.2, 0) is 6.54 Å². The van der Waals surface area contributed by atoms with Gasteiger partial charge in [-0.2, -0.15) is 11.8 Å². The molecule has 2 fully saturated rings. The van der Waals surface area contributed by atoms with Crippen LogP contribution in [0, 0.1) is 0 Å². The van der Waals surface area contributed by atoms with Gasteiger partial charge in [-0.15, -0.1) is 12.4 Å². The molecule has 1 spiro atoms. The van der Waals surface area contributed by atoms with Crippen LogP contribution in [0.2, 0.25) is 0 Å². The molecule has 1 aliphatic heterocycles. The maximum Gasteiger partial charge on any atom is 0.0317 e. The standard InChI is InChI=1S/C16H24N2S.ClH/c17-15-6-4-5-14(11-15)12-18-9-10-19-16(13-18)7-2-1-3-8-16;/h4-6,11H,1-3,7-10,12-13,17H2;1H.